The number of rotatable bonds is 7. The van der Waals surface area contributed by atoms with Crippen LogP contribution in [0.2, 0.25) is 0 Å². The Morgan fingerprint density at radius 3 is 2.51 bits per heavy atom. The van der Waals surface area contributed by atoms with E-state index in [1.165, 1.54) is 27.0 Å². The van der Waals surface area contributed by atoms with Crippen LogP contribution < -0.4 is 20.0 Å². The molecule has 0 radical (unpaired) electrons. The standard InChI is InChI=1S/C25H26N6O3S/c1-17(2)19-12-10-18(11-13-19)14-21-24(33)31(20-8-6-5-7-9-20)25(26-21)35-16-22(32)27-23-15-30(28-34-23)29(3)4/h5-15,17H,16H2,1-4H3/p+1/b21-14+. The van der Waals surface area contributed by atoms with Crippen molar-refractivity contribution >= 4 is 46.4 Å². The van der Waals surface area contributed by atoms with Crippen molar-refractivity contribution < 1.29 is 18.9 Å². The summed E-state index contributed by atoms with van der Waals surface area (Å²) in [6.45, 7) is 4.27. The van der Waals surface area contributed by atoms with Gasteiger partial charge in [0.15, 0.2) is 5.17 Å². The summed E-state index contributed by atoms with van der Waals surface area (Å²) in [7, 11) is 3.59. The summed E-state index contributed by atoms with van der Waals surface area (Å²) < 4.78 is 5.11. The minimum Gasteiger partial charge on any atom is -0.288 e. The van der Waals surface area contributed by atoms with Crippen LogP contribution in [0.3, 0.4) is 0 Å². The van der Waals surface area contributed by atoms with Gasteiger partial charge in [0, 0.05) is 0 Å². The first-order valence-corrected chi connectivity index (χ1v) is 12.1. The summed E-state index contributed by atoms with van der Waals surface area (Å²) in [4.78, 5) is 33.4. The fourth-order valence-electron chi connectivity index (χ4n) is 3.32. The minimum absolute atomic E-state index is 0.0362. The lowest BCUT2D eigenvalue weighted by Crippen LogP contribution is -2.53. The van der Waals surface area contributed by atoms with Gasteiger partial charge >= 0.3 is 5.88 Å². The Labute approximate surface area is 208 Å². The molecule has 3 aromatic rings. The number of aromatic nitrogens is 2. The largest absolute Gasteiger partial charge is 0.305 e. The molecule has 0 unspecified atom stereocenters. The van der Waals surface area contributed by atoms with Crippen LogP contribution in [0.25, 0.3) is 6.08 Å². The monoisotopic (exact) mass is 491 g/mol. The van der Waals surface area contributed by atoms with Gasteiger partial charge in [-0.15, -0.1) is 0 Å². The maximum Gasteiger partial charge on any atom is 0.305 e. The minimum atomic E-state index is -0.304. The third kappa shape index (κ3) is 5.78. The second kappa shape index (κ2) is 10.6. The zero-order chi connectivity index (χ0) is 24.9. The van der Waals surface area contributed by atoms with Gasteiger partial charge in [0.1, 0.15) is 5.70 Å². The van der Waals surface area contributed by atoms with Gasteiger partial charge in [-0.05, 0) is 35.3 Å². The maximum atomic E-state index is 13.3. The van der Waals surface area contributed by atoms with Crippen molar-refractivity contribution in [3.63, 3.8) is 0 Å². The molecule has 1 aliphatic heterocycles. The number of hydrogen-bond donors (Lipinski definition) is 1. The molecule has 0 bridgehead atoms. The van der Waals surface area contributed by atoms with E-state index in [9.17, 15) is 9.59 Å². The Morgan fingerprint density at radius 2 is 1.89 bits per heavy atom. The van der Waals surface area contributed by atoms with Crippen molar-refractivity contribution in [1.29, 1.82) is 0 Å². The van der Waals surface area contributed by atoms with Crippen LogP contribution in [0.1, 0.15) is 30.9 Å². The van der Waals surface area contributed by atoms with E-state index in [4.69, 9.17) is 4.52 Å². The molecule has 0 saturated heterocycles. The zero-order valence-corrected chi connectivity index (χ0v) is 20.8. The van der Waals surface area contributed by atoms with Crippen molar-refractivity contribution in [3.8, 4) is 0 Å². The molecule has 0 aliphatic carbocycles. The molecule has 1 N–H and O–H groups in total. The predicted octanol–water partition coefficient (Wildman–Crippen LogP) is 3.40. The Kier molecular flexibility index (Phi) is 7.31. The summed E-state index contributed by atoms with van der Waals surface area (Å²) in [6, 6.07) is 17.3. The molecule has 35 heavy (non-hydrogen) atoms. The molecule has 0 fully saturated rings. The van der Waals surface area contributed by atoms with Gasteiger partial charge < -0.3 is 0 Å². The molecule has 0 spiro atoms. The summed E-state index contributed by atoms with van der Waals surface area (Å²) in [5.41, 5.74) is 3.11. The number of carbonyl (C=O) groups excluding carboxylic acids is 2. The van der Waals surface area contributed by atoms with E-state index < -0.39 is 0 Å². The molecule has 1 aromatic heterocycles. The molecule has 9 nitrogen and oxygen atoms in total. The molecule has 180 valence electrons. The van der Waals surface area contributed by atoms with Crippen LogP contribution >= 0.6 is 11.8 Å². The lowest BCUT2D eigenvalue weighted by Gasteiger charge is -2.17. The molecule has 0 saturated carbocycles. The molecular formula is C25H27N6O3S+. The average molecular weight is 492 g/mol. The molecule has 2 heterocycles. The topological polar surface area (TPSA) is 94.9 Å². The van der Waals surface area contributed by atoms with Gasteiger partial charge in [-0.1, -0.05) is 68.1 Å². The van der Waals surface area contributed by atoms with E-state index in [1.807, 2.05) is 42.5 Å². The van der Waals surface area contributed by atoms with E-state index in [0.29, 0.717) is 22.5 Å². The molecule has 0 atom stereocenters. The molecule has 2 aromatic carbocycles. The van der Waals surface area contributed by atoms with Crippen LogP contribution in [0.5, 0.6) is 0 Å². The van der Waals surface area contributed by atoms with Gasteiger partial charge in [-0.25, -0.2) is 4.99 Å². The number of hydrogen-bond acceptors (Lipinski definition) is 7. The summed E-state index contributed by atoms with van der Waals surface area (Å²) in [6.07, 6.45) is 3.32. The highest BCUT2D eigenvalue weighted by atomic mass is 32.2. The number of amides is 2. The number of benzene rings is 2. The fraction of sp³-hybridized carbons (Fsp3) is 0.240. The third-order valence-electron chi connectivity index (χ3n) is 5.21. The Balaban J connectivity index is 1.53. The first kappa shape index (κ1) is 24.2. The molecule has 10 heteroatoms. The van der Waals surface area contributed by atoms with Crippen LogP contribution in [0, 0.1) is 0 Å². The number of para-hydroxylation sites is 1. The number of thioether (sulfide) groups is 1. The first-order chi connectivity index (χ1) is 16.8. The second-order valence-corrected chi connectivity index (χ2v) is 9.33. The van der Waals surface area contributed by atoms with Crippen molar-refractivity contribution in [1.82, 2.24) is 5.27 Å². The van der Waals surface area contributed by atoms with Crippen LogP contribution in [0.4, 0.5) is 11.6 Å². The Hall–Kier alpha value is -3.92. The number of nitrogens with zero attached hydrogens (tertiary/aromatic N) is 5. The van der Waals surface area contributed by atoms with Gasteiger partial charge in [-0.2, -0.15) is 5.01 Å². The smallest absolute Gasteiger partial charge is 0.288 e. The van der Waals surface area contributed by atoms with Crippen LogP contribution in [-0.4, -0.2) is 42.1 Å². The first-order valence-electron chi connectivity index (χ1n) is 11.1. The van der Waals surface area contributed by atoms with E-state index >= 15 is 0 Å². The summed E-state index contributed by atoms with van der Waals surface area (Å²) >= 11 is 1.17. The summed E-state index contributed by atoms with van der Waals surface area (Å²) in [5.74, 6) is 0.139. The highest BCUT2D eigenvalue weighted by Crippen LogP contribution is 2.29. The molecule has 2 amide bonds. The van der Waals surface area contributed by atoms with E-state index in [0.717, 1.165) is 5.56 Å². The second-order valence-electron chi connectivity index (χ2n) is 8.39. The Morgan fingerprint density at radius 1 is 1.17 bits per heavy atom. The zero-order valence-electron chi connectivity index (χ0n) is 20.0. The van der Waals surface area contributed by atoms with E-state index in [-0.39, 0.29) is 23.5 Å². The normalized spacial score (nSPS) is 14.5. The van der Waals surface area contributed by atoms with Crippen molar-refractivity contribution in [2.24, 2.45) is 4.99 Å². The van der Waals surface area contributed by atoms with E-state index in [1.54, 1.807) is 31.4 Å². The van der Waals surface area contributed by atoms with Crippen molar-refractivity contribution in [2.45, 2.75) is 19.8 Å². The third-order valence-corrected chi connectivity index (χ3v) is 6.15. The van der Waals surface area contributed by atoms with Gasteiger partial charge in [0.2, 0.25) is 11.2 Å². The van der Waals surface area contributed by atoms with Gasteiger partial charge in [-0.3, -0.25) is 24.3 Å². The fourth-order valence-corrected chi connectivity index (χ4v) is 4.13. The summed E-state index contributed by atoms with van der Waals surface area (Å²) in [5, 5.41) is 8.58. The van der Waals surface area contributed by atoms with Gasteiger partial charge in [0.25, 0.3) is 12.1 Å². The molecule has 4 rings (SSSR count). The quantitative estimate of drug-likeness (QED) is 0.402. The lowest BCUT2D eigenvalue weighted by molar-refractivity contribution is -0.753. The Bertz CT molecular complexity index is 1270. The maximum absolute atomic E-state index is 13.3. The van der Waals surface area contributed by atoms with Crippen LogP contribution in [0.15, 0.2) is 76.0 Å². The van der Waals surface area contributed by atoms with E-state index in [2.05, 4.69) is 41.6 Å². The highest BCUT2D eigenvalue weighted by Gasteiger charge is 2.32. The van der Waals surface area contributed by atoms with Gasteiger partial charge in [0.05, 0.1) is 30.3 Å². The van der Waals surface area contributed by atoms with Crippen molar-refractivity contribution in [3.05, 3.63) is 77.6 Å². The highest BCUT2D eigenvalue weighted by molar-refractivity contribution is 8.14. The van der Waals surface area contributed by atoms with Crippen LogP contribution in [-0.2, 0) is 9.59 Å². The predicted molar refractivity (Wildman–Crippen MR) is 138 cm³/mol. The SMILES string of the molecule is CC(C)c1ccc(/C=C2/N=C(SCC(=O)Nc3c[n+](N(C)C)no3)N(c3ccccc3)C2=O)cc1. The number of carbonyl (C=O) groups is 2. The molecular weight excluding hydrogens is 464 g/mol. The number of anilines is 2. The number of aliphatic imine (C=N–C) groups is 1. The average Bonchev–Trinajstić information content (AvgIpc) is 3.43. The van der Waals surface area contributed by atoms with Crippen molar-refractivity contribution in [2.75, 3.05) is 35.1 Å². The number of nitrogens with one attached hydrogen (secondary N) is 1. The lowest BCUT2D eigenvalue weighted by atomic mass is 10.0. The molecule has 1 aliphatic rings. The number of amidine groups is 1.